The molecule has 106 valence electrons. The summed E-state index contributed by atoms with van der Waals surface area (Å²) in [6.07, 6.45) is 0.686. The van der Waals surface area contributed by atoms with Crippen molar-refractivity contribution in [2.45, 2.75) is 20.3 Å². The fourth-order valence-electron chi connectivity index (χ4n) is 1.73. The van der Waals surface area contributed by atoms with Crippen molar-refractivity contribution in [3.63, 3.8) is 0 Å². The zero-order valence-electron chi connectivity index (χ0n) is 11.6. The minimum Gasteiger partial charge on any atom is -0.490 e. The maximum atomic E-state index is 11.5. The van der Waals surface area contributed by atoms with E-state index < -0.39 is 0 Å². The summed E-state index contributed by atoms with van der Waals surface area (Å²) in [4.78, 5) is 11.5. The zero-order chi connectivity index (χ0) is 14.1. The lowest BCUT2D eigenvalue weighted by Gasteiger charge is -2.15. The van der Waals surface area contributed by atoms with E-state index >= 15 is 0 Å². The summed E-state index contributed by atoms with van der Waals surface area (Å²) in [5.74, 6) is 1.12. The molecule has 3 N–H and O–H groups in total. The van der Waals surface area contributed by atoms with Crippen LogP contribution in [-0.4, -0.2) is 32.2 Å². The first-order valence-electron chi connectivity index (χ1n) is 6.57. The van der Waals surface area contributed by atoms with Crippen molar-refractivity contribution in [1.82, 2.24) is 5.32 Å². The van der Waals surface area contributed by atoms with Crippen molar-refractivity contribution in [3.05, 3.63) is 23.8 Å². The van der Waals surface area contributed by atoms with Gasteiger partial charge >= 0.3 is 0 Å². The van der Waals surface area contributed by atoms with Gasteiger partial charge in [0.2, 0.25) is 0 Å². The highest BCUT2D eigenvalue weighted by atomic mass is 16.5. The van der Waals surface area contributed by atoms with Crippen molar-refractivity contribution in [2.75, 3.05) is 26.3 Å². The van der Waals surface area contributed by atoms with Gasteiger partial charge in [0.05, 0.1) is 6.61 Å². The van der Waals surface area contributed by atoms with Gasteiger partial charge in [-0.05, 0) is 38.4 Å². The Morgan fingerprint density at radius 3 is 2.74 bits per heavy atom. The zero-order valence-corrected chi connectivity index (χ0v) is 11.6. The molecule has 0 aromatic heterocycles. The summed E-state index contributed by atoms with van der Waals surface area (Å²) in [6.45, 7) is 5.41. The fourth-order valence-corrected chi connectivity index (χ4v) is 1.73. The molecule has 1 amide bonds. The Morgan fingerprint density at radius 1 is 1.32 bits per heavy atom. The Kier molecular flexibility index (Phi) is 6.74. The topological polar surface area (TPSA) is 73.6 Å². The van der Waals surface area contributed by atoms with Crippen LogP contribution in [0.4, 0.5) is 0 Å². The van der Waals surface area contributed by atoms with E-state index in [1.165, 1.54) is 0 Å². The summed E-state index contributed by atoms with van der Waals surface area (Å²) >= 11 is 0. The second kappa shape index (κ2) is 8.37. The molecule has 0 radical (unpaired) electrons. The van der Waals surface area contributed by atoms with Gasteiger partial charge in [0, 0.05) is 6.54 Å². The number of amides is 1. The molecule has 0 saturated heterocycles. The number of nitrogens with one attached hydrogen (secondary N) is 1. The minimum absolute atomic E-state index is 0.0184. The van der Waals surface area contributed by atoms with Crippen LogP contribution in [-0.2, 0) is 11.2 Å². The van der Waals surface area contributed by atoms with E-state index in [0.717, 1.165) is 5.56 Å². The number of ether oxygens (including phenoxy) is 2. The Bertz CT molecular complexity index is 383. The molecule has 0 saturated carbocycles. The molecule has 0 bridgehead atoms. The molecule has 0 atom stereocenters. The molecule has 0 fully saturated rings. The highest BCUT2D eigenvalue weighted by Gasteiger charge is 2.12. The van der Waals surface area contributed by atoms with Crippen LogP contribution < -0.4 is 20.5 Å². The number of likely N-dealkylation sites (N-methyl/N-ethyl adjacent to an activating group) is 1. The maximum Gasteiger partial charge on any atom is 0.257 e. The average molecular weight is 266 g/mol. The number of nitrogens with two attached hydrogens (primary N) is 1. The first kappa shape index (κ1) is 15.3. The SMILES string of the molecule is CCNC(=O)COc1c(CCN)cccc1OCC. The second-order valence-electron chi connectivity index (χ2n) is 3.96. The number of hydrogen-bond donors (Lipinski definition) is 2. The van der Waals surface area contributed by atoms with Gasteiger partial charge in [0.1, 0.15) is 0 Å². The van der Waals surface area contributed by atoms with Crippen LogP contribution in [0.2, 0.25) is 0 Å². The standard InChI is InChI=1S/C14H22N2O3/c1-3-16-13(17)10-19-14-11(8-9-15)6-5-7-12(14)18-4-2/h5-7H,3-4,8-10,15H2,1-2H3,(H,16,17). The normalized spacial score (nSPS) is 10.1. The summed E-state index contributed by atoms with van der Waals surface area (Å²) < 4.78 is 11.1. The third-order valence-corrected chi connectivity index (χ3v) is 2.50. The van der Waals surface area contributed by atoms with Gasteiger partial charge in [-0.15, -0.1) is 0 Å². The lowest BCUT2D eigenvalue weighted by atomic mass is 10.1. The van der Waals surface area contributed by atoms with Crippen LogP contribution in [0.5, 0.6) is 11.5 Å². The first-order chi connectivity index (χ1) is 9.22. The molecule has 19 heavy (non-hydrogen) atoms. The summed E-state index contributed by atoms with van der Waals surface area (Å²) in [7, 11) is 0. The van der Waals surface area contributed by atoms with Crippen LogP contribution >= 0.6 is 0 Å². The lowest BCUT2D eigenvalue weighted by molar-refractivity contribution is -0.123. The first-order valence-corrected chi connectivity index (χ1v) is 6.57. The van der Waals surface area contributed by atoms with Crippen LogP contribution in [0.15, 0.2) is 18.2 Å². The highest BCUT2D eigenvalue weighted by molar-refractivity contribution is 5.77. The molecule has 0 aliphatic heterocycles. The monoisotopic (exact) mass is 266 g/mol. The van der Waals surface area contributed by atoms with Crippen molar-refractivity contribution < 1.29 is 14.3 Å². The van der Waals surface area contributed by atoms with E-state index in [-0.39, 0.29) is 12.5 Å². The fraction of sp³-hybridized carbons (Fsp3) is 0.500. The highest BCUT2D eigenvalue weighted by Crippen LogP contribution is 2.31. The van der Waals surface area contributed by atoms with Crippen LogP contribution in [0.25, 0.3) is 0 Å². The molecule has 0 spiro atoms. The molecular formula is C14H22N2O3. The molecule has 0 aliphatic carbocycles. The number of para-hydroxylation sites is 1. The Hall–Kier alpha value is -1.75. The molecule has 1 rings (SSSR count). The molecule has 0 unspecified atom stereocenters. The molecular weight excluding hydrogens is 244 g/mol. The lowest BCUT2D eigenvalue weighted by Crippen LogP contribution is -2.28. The molecule has 0 aliphatic rings. The van der Waals surface area contributed by atoms with Crippen molar-refractivity contribution in [2.24, 2.45) is 5.73 Å². The largest absolute Gasteiger partial charge is 0.490 e. The van der Waals surface area contributed by atoms with E-state index in [0.29, 0.717) is 37.6 Å². The smallest absolute Gasteiger partial charge is 0.257 e. The van der Waals surface area contributed by atoms with E-state index in [4.69, 9.17) is 15.2 Å². The van der Waals surface area contributed by atoms with Gasteiger partial charge in [0.15, 0.2) is 18.1 Å². The Labute approximate surface area is 114 Å². The van der Waals surface area contributed by atoms with E-state index in [1.54, 1.807) is 0 Å². The van der Waals surface area contributed by atoms with Crippen LogP contribution in [0, 0.1) is 0 Å². The van der Waals surface area contributed by atoms with Crippen molar-refractivity contribution in [1.29, 1.82) is 0 Å². The van der Waals surface area contributed by atoms with E-state index in [1.807, 2.05) is 32.0 Å². The quantitative estimate of drug-likeness (QED) is 0.739. The predicted octanol–water partition coefficient (Wildman–Crippen LogP) is 1.10. The van der Waals surface area contributed by atoms with Crippen molar-refractivity contribution in [3.8, 4) is 11.5 Å². The molecule has 0 heterocycles. The Balaban J connectivity index is 2.83. The second-order valence-corrected chi connectivity index (χ2v) is 3.96. The average Bonchev–Trinajstić information content (AvgIpc) is 2.39. The van der Waals surface area contributed by atoms with Gasteiger partial charge < -0.3 is 20.5 Å². The molecule has 1 aromatic rings. The number of carbonyl (C=O) groups is 1. The Morgan fingerprint density at radius 2 is 2.11 bits per heavy atom. The summed E-state index contributed by atoms with van der Waals surface area (Å²) in [5, 5.41) is 2.69. The number of benzene rings is 1. The third kappa shape index (κ3) is 4.79. The van der Waals surface area contributed by atoms with Crippen LogP contribution in [0.1, 0.15) is 19.4 Å². The predicted molar refractivity (Wildman–Crippen MR) is 74.5 cm³/mol. The van der Waals surface area contributed by atoms with Gasteiger partial charge in [-0.25, -0.2) is 0 Å². The maximum absolute atomic E-state index is 11.5. The number of hydrogen-bond acceptors (Lipinski definition) is 4. The third-order valence-electron chi connectivity index (χ3n) is 2.50. The van der Waals surface area contributed by atoms with Gasteiger partial charge in [-0.2, -0.15) is 0 Å². The number of rotatable bonds is 8. The molecule has 1 aromatic carbocycles. The van der Waals surface area contributed by atoms with Gasteiger partial charge in [-0.1, -0.05) is 12.1 Å². The van der Waals surface area contributed by atoms with Gasteiger partial charge in [0.25, 0.3) is 5.91 Å². The number of carbonyl (C=O) groups excluding carboxylic acids is 1. The molecule has 5 heteroatoms. The summed E-state index contributed by atoms with van der Waals surface area (Å²) in [5.41, 5.74) is 6.54. The summed E-state index contributed by atoms with van der Waals surface area (Å²) in [6, 6.07) is 5.66. The van der Waals surface area contributed by atoms with E-state index in [2.05, 4.69) is 5.32 Å². The molecule has 5 nitrogen and oxygen atoms in total. The van der Waals surface area contributed by atoms with E-state index in [9.17, 15) is 4.79 Å². The minimum atomic E-state index is -0.146. The van der Waals surface area contributed by atoms with Crippen LogP contribution in [0.3, 0.4) is 0 Å². The van der Waals surface area contributed by atoms with Gasteiger partial charge in [-0.3, -0.25) is 4.79 Å². The van der Waals surface area contributed by atoms with Crippen molar-refractivity contribution >= 4 is 5.91 Å².